The van der Waals surface area contributed by atoms with E-state index in [2.05, 4.69) is 5.32 Å². The van der Waals surface area contributed by atoms with Crippen LogP contribution in [-0.2, 0) is 14.3 Å². The number of hydrogen-bond donors (Lipinski definition) is 2. The van der Waals surface area contributed by atoms with E-state index in [0.29, 0.717) is 31.6 Å². The molecule has 1 unspecified atom stereocenters. The first kappa shape index (κ1) is 16.8. The number of carboxylic acid groups (broad SMARTS) is 1. The third-order valence-corrected chi connectivity index (χ3v) is 4.84. The minimum absolute atomic E-state index is 0.0163. The van der Waals surface area contributed by atoms with Gasteiger partial charge in [0.2, 0.25) is 0 Å². The quantitative estimate of drug-likeness (QED) is 0.860. The molecule has 0 aromatic heterocycles. The SMILES string of the molecule is Cc1ccc(OCC(=O)NC2CCOC3(C2)CC(C(=O)O)C3)cc1. The van der Waals surface area contributed by atoms with Crippen LogP contribution in [0, 0.1) is 12.8 Å². The van der Waals surface area contributed by atoms with Gasteiger partial charge in [-0.3, -0.25) is 9.59 Å². The van der Waals surface area contributed by atoms with Crippen LogP contribution in [0.3, 0.4) is 0 Å². The maximum Gasteiger partial charge on any atom is 0.306 e. The van der Waals surface area contributed by atoms with E-state index in [0.717, 1.165) is 12.0 Å². The maximum atomic E-state index is 12.1. The average molecular weight is 333 g/mol. The van der Waals surface area contributed by atoms with Crippen LogP contribution < -0.4 is 10.1 Å². The van der Waals surface area contributed by atoms with Crippen molar-refractivity contribution >= 4 is 11.9 Å². The van der Waals surface area contributed by atoms with E-state index in [9.17, 15) is 9.59 Å². The molecule has 6 nitrogen and oxygen atoms in total. The lowest BCUT2D eigenvalue weighted by molar-refractivity contribution is -0.182. The van der Waals surface area contributed by atoms with Crippen molar-refractivity contribution in [3.8, 4) is 5.75 Å². The smallest absolute Gasteiger partial charge is 0.306 e. The number of ether oxygens (including phenoxy) is 2. The van der Waals surface area contributed by atoms with Crippen molar-refractivity contribution in [1.82, 2.24) is 5.32 Å². The number of aliphatic carboxylic acids is 1. The Morgan fingerprint density at radius 2 is 2.00 bits per heavy atom. The molecule has 2 fully saturated rings. The van der Waals surface area contributed by atoms with Crippen LogP contribution >= 0.6 is 0 Å². The molecular weight excluding hydrogens is 310 g/mol. The summed E-state index contributed by atoms with van der Waals surface area (Å²) in [6.07, 6.45) is 2.49. The molecule has 24 heavy (non-hydrogen) atoms. The van der Waals surface area contributed by atoms with Crippen molar-refractivity contribution < 1.29 is 24.2 Å². The van der Waals surface area contributed by atoms with E-state index < -0.39 is 5.97 Å². The molecule has 1 saturated heterocycles. The summed E-state index contributed by atoms with van der Waals surface area (Å²) in [7, 11) is 0. The van der Waals surface area contributed by atoms with Crippen LogP contribution in [0.1, 0.15) is 31.2 Å². The molecule has 6 heteroatoms. The van der Waals surface area contributed by atoms with Crippen LogP contribution in [0.25, 0.3) is 0 Å². The standard InChI is InChI=1S/C18H23NO5/c1-12-2-4-15(5-3-12)23-11-16(20)19-14-6-7-24-18(10-14)8-13(9-18)17(21)22/h2-5,13-14H,6-11H2,1H3,(H,19,20)(H,21,22). The fourth-order valence-corrected chi connectivity index (χ4v) is 3.50. The number of carbonyl (C=O) groups excluding carboxylic acids is 1. The van der Waals surface area contributed by atoms with Gasteiger partial charge in [-0.05, 0) is 44.7 Å². The van der Waals surface area contributed by atoms with Crippen molar-refractivity contribution in [3.05, 3.63) is 29.8 Å². The zero-order valence-electron chi connectivity index (χ0n) is 13.8. The maximum absolute atomic E-state index is 12.1. The van der Waals surface area contributed by atoms with Crippen LogP contribution in [0.5, 0.6) is 5.75 Å². The zero-order valence-corrected chi connectivity index (χ0v) is 13.8. The Balaban J connectivity index is 1.44. The van der Waals surface area contributed by atoms with Crippen molar-refractivity contribution in [3.63, 3.8) is 0 Å². The molecule has 130 valence electrons. The van der Waals surface area contributed by atoms with Gasteiger partial charge in [-0.25, -0.2) is 0 Å². The third-order valence-electron chi connectivity index (χ3n) is 4.84. The van der Waals surface area contributed by atoms with Gasteiger partial charge in [0.25, 0.3) is 5.91 Å². The molecule has 1 saturated carbocycles. The molecule has 3 rings (SSSR count). The molecule has 1 heterocycles. The number of benzene rings is 1. The number of nitrogens with one attached hydrogen (secondary N) is 1. The van der Waals surface area contributed by atoms with E-state index >= 15 is 0 Å². The van der Waals surface area contributed by atoms with Crippen molar-refractivity contribution in [2.24, 2.45) is 5.92 Å². The summed E-state index contributed by atoms with van der Waals surface area (Å²) >= 11 is 0. The molecule has 1 aromatic rings. The largest absolute Gasteiger partial charge is 0.484 e. The highest BCUT2D eigenvalue weighted by Crippen LogP contribution is 2.46. The molecule has 0 radical (unpaired) electrons. The Kier molecular flexibility index (Phi) is 4.76. The van der Waals surface area contributed by atoms with Gasteiger partial charge in [-0.15, -0.1) is 0 Å². The first-order valence-electron chi connectivity index (χ1n) is 8.31. The van der Waals surface area contributed by atoms with Crippen molar-refractivity contribution in [2.45, 2.75) is 44.2 Å². The molecule has 1 aromatic carbocycles. The predicted molar refractivity (Wildman–Crippen MR) is 86.9 cm³/mol. The Hall–Kier alpha value is -2.08. The fraction of sp³-hybridized carbons (Fsp3) is 0.556. The Labute approximate surface area is 141 Å². The van der Waals surface area contributed by atoms with Gasteiger partial charge < -0.3 is 19.9 Å². The predicted octanol–water partition coefficient (Wildman–Crippen LogP) is 1.90. The molecule has 1 amide bonds. The van der Waals surface area contributed by atoms with Crippen molar-refractivity contribution in [2.75, 3.05) is 13.2 Å². The lowest BCUT2D eigenvalue weighted by Gasteiger charge is -2.50. The second-order valence-corrected chi connectivity index (χ2v) is 6.83. The molecule has 1 spiro atoms. The van der Waals surface area contributed by atoms with Gasteiger partial charge in [0.05, 0.1) is 11.5 Å². The lowest BCUT2D eigenvalue weighted by Crippen LogP contribution is -2.56. The van der Waals surface area contributed by atoms with Crippen LogP contribution in [0.2, 0.25) is 0 Å². The number of aryl methyl sites for hydroxylation is 1. The fourth-order valence-electron chi connectivity index (χ4n) is 3.50. The molecule has 2 aliphatic rings. The van der Waals surface area contributed by atoms with Gasteiger partial charge in [0.15, 0.2) is 6.61 Å². The van der Waals surface area contributed by atoms with E-state index in [1.54, 1.807) is 0 Å². The Bertz CT molecular complexity index is 606. The van der Waals surface area contributed by atoms with Crippen LogP contribution in [0.15, 0.2) is 24.3 Å². The molecule has 2 N–H and O–H groups in total. The van der Waals surface area contributed by atoms with E-state index in [4.69, 9.17) is 14.6 Å². The molecule has 1 aliphatic heterocycles. The topological polar surface area (TPSA) is 84.9 Å². The number of rotatable bonds is 5. The summed E-state index contributed by atoms with van der Waals surface area (Å²) in [5.74, 6) is -0.569. The summed E-state index contributed by atoms with van der Waals surface area (Å²) < 4.78 is 11.3. The first-order valence-corrected chi connectivity index (χ1v) is 8.31. The monoisotopic (exact) mass is 333 g/mol. The highest BCUT2D eigenvalue weighted by Gasteiger charge is 2.51. The Morgan fingerprint density at radius 3 is 2.67 bits per heavy atom. The summed E-state index contributed by atoms with van der Waals surface area (Å²) in [5.41, 5.74) is 0.774. The summed E-state index contributed by atoms with van der Waals surface area (Å²) in [4.78, 5) is 23.0. The van der Waals surface area contributed by atoms with Gasteiger partial charge in [-0.1, -0.05) is 17.7 Å². The molecule has 1 aliphatic carbocycles. The normalized spacial score (nSPS) is 28.9. The average Bonchev–Trinajstić information content (AvgIpc) is 2.52. The third kappa shape index (κ3) is 3.87. The highest BCUT2D eigenvalue weighted by molar-refractivity contribution is 5.78. The summed E-state index contributed by atoms with van der Waals surface area (Å²) in [6.45, 7) is 2.52. The van der Waals surface area contributed by atoms with E-state index in [1.807, 2.05) is 31.2 Å². The summed E-state index contributed by atoms with van der Waals surface area (Å²) in [6, 6.07) is 7.57. The van der Waals surface area contributed by atoms with Gasteiger partial charge >= 0.3 is 5.97 Å². The van der Waals surface area contributed by atoms with E-state index in [1.165, 1.54) is 0 Å². The Morgan fingerprint density at radius 1 is 1.29 bits per heavy atom. The first-order chi connectivity index (χ1) is 11.5. The number of amides is 1. The van der Waals surface area contributed by atoms with Crippen LogP contribution in [0.4, 0.5) is 0 Å². The van der Waals surface area contributed by atoms with Crippen molar-refractivity contribution in [1.29, 1.82) is 0 Å². The van der Waals surface area contributed by atoms with Gasteiger partial charge in [-0.2, -0.15) is 0 Å². The lowest BCUT2D eigenvalue weighted by atomic mass is 9.66. The minimum Gasteiger partial charge on any atom is -0.484 e. The molecule has 1 atom stereocenters. The highest BCUT2D eigenvalue weighted by atomic mass is 16.5. The zero-order chi connectivity index (χ0) is 17.2. The van der Waals surface area contributed by atoms with E-state index in [-0.39, 0.29) is 30.1 Å². The second kappa shape index (κ2) is 6.81. The number of carboxylic acids is 1. The van der Waals surface area contributed by atoms with Gasteiger partial charge in [0.1, 0.15) is 5.75 Å². The molecule has 0 bridgehead atoms. The second-order valence-electron chi connectivity index (χ2n) is 6.83. The number of hydrogen-bond acceptors (Lipinski definition) is 4. The summed E-state index contributed by atoms with van der Waals surface area (Å²) in [5, 5.41) is 12.0. The van der Waals surface area contributed by atoms with Gasteiger partial charge in [0, 0.05) is 12.6 Å². The number of carbonyl (C=O) groups is 2. The minimum atomic E-state index is -0.762. The van der Waals surface area contributed by atoms with Crippen LogP contribution in [-0.4, -0.2) is 41.8 Å². The molecular formula is C18H23NO5.